The molecule has 1 heterocycles. The number of ether oxygens (including phenoxy) is 3. The Hall–Kier alpha value is -3.20. The number of rotatable bonds is 7. The van der Waals surface area contributed by atoms with Gasteiger partial charge in [0, 0.05) is 19.6 Å². The quantitative estimate of drug-likeness (QED) is 0.549. The molecule has 9 heteroatoms. The van der Waals surface area contributed by atoms with Crippen molar-refractivity contribution in [1.82, 2.24) is 15.5 Å². The van der Waals surface area contributed by atoms with Gasteiger partial charge >= 0.3 is 6.03 Å². The molecular weight excluding hydrogens is 428 g/mol. The van der Waals surface area contributed by atoms with Crippen LogP contribution in [-0.2, 0) is 6.42 Å². The average molecular weight is 459 g/mol. The van der Waals surface area contributed by atoms with Crippen molar-refractivity contribution in [3.05, 3.63) is 47.5 Å². The van der Waals surface area contributed by atoms with Crippen molar-refractivity contribution in [1.29, 1.82) is 0 Å². The molecule has 0 bridgehead atoms. The zero-order valence-electron chi connectivity index (χ0n) is 18.9. The van der Waals surface area contributed by atoms with Gasteiger partial charge < -0.3 is 35.1 Å². The van der Waals surface area contributed by atoms with Crippen molar-refractivity contribution in [2.75, 3.05) is 46.3 Å². The van der Waals surface area contributed by atoms with Gasteiger partial charge in [-0.25, -0.2) is 4.79 Å². The molecule has 1 aliphatic heterocycles. The maximum Gasteiger partial charge on any atom is 0.322 e. The molecule has 8 nitrogen and oxygen atoms in total. The highest BCUT2D eigenvalue weighted by atomic mass is 32.1. The first kappa shape index (κ1) is 23.5. The Bertz CT molecular complexity index is 969. The number of para-hydroxylation sites is 2. The summed E-state index contributed by atoms with van der Waals surface area (Å²) >= 11 is 5.35. The zero-order chi connectivity index (χ0) is 23.1. The van der Waals surface area contributed by atoms with Crippen molar-refractivity contribution < 1.29 is 19.0 Å². The molecule has 0 saturated carbocycles. The van der Waals surface area contributed by atoms with Gasteiger partial charge in [-0.3, -0.25) is 0 Å². The molecule has 0 aromatic heterocycles. The molecule has 2 aromatic rings. The van der Waals surface area contributed by atoms with Crippen LogP contribution in [0.5, 0.6) is 17.2 Å². The number of urea groups is 1. The molecule has 3 rings (SSSR count). The summed E-state index contributed by atoms with van der Waals surface area (Å²) < 4.78 is 16.4. The predicted molar refractivity (Wildman–Crippen MR) is 129 cm³/mol. The number of benzene rings is 2. The summed E-state index contributed by atoms with van der Waals surface area (Å²) in [5.74, 6) is 1.90. The Morgan fingerprint density at radius 1 is 1.06 bits per heavy atom. The lowest BCUT2D eigenvalue weighted by molar-refractivity contribution is 0.182. The summed E-state index contributed by atoms with van der Waals surface area (Å²) in [5, 5.41) is 9.85. The van der Waals surface area contributed by atoms with E-state index in [2.05, 4.69) is 16.0 Å². The second-order valence-electron chi connectivity index (χ2n) is 7.24. The first-order chi connectivity index (χ1) is 15.5. The van der Waals surface area contributed by atoms with Gasteiger partial charge in [-0.1, -0.05) is 12.1 Å². The van der Waals surface area contributed by atoms with Crippen LogP contribution in [0.2, 0.25) is 0 Å². The third-order valence-corrected chi connectivity index (χ3v) is 5.69. The van der Waals surface area contributed by atoms with Crippen LogP contribution in [0.15, 0.2) is 36.4 Å². The second-order valence-corrected chi connectivity index (χ2v) is 7.64. The topological polar surface area (TPSA) is 84.1 Å². The van der Waals surface area contributed by atoms with Crippen LogP contribution in [0.25, 0.3) is 0 Å². The van der Waals surface area contributed by atoms with Crippen LogP contribution in [-0.4, -0.2) is 57.0 Å². The first-order valence-corrected chi connectivity index (χ1v) is 10.9. The molecule has 0 unspecified atom stereocenters. The predicted octanol–water partition coefficient (Wildman–Crippen LogP) is 3.33. The molecule has 1 aliphatic rings. The van der Waals surface area contributed by atoms with Crippen molar-refractivity contribution in [3.8, 4) is 17.2 Å². The first-order valence-electron chi connectivity index (χ1n) is 10.5. The fourth-order valence-corrected chi connectivity index (χ4v) is 4.07. The van der Waals surface area contributed by atoms with E-state index in [-0.39, 0.29) is 12.1 Å². The number of nitrogens with zero attached hydrogens (tertiary/aromatic N) is 1. The monoisotopic (exact) mass is 458 g/mol. The van der Waals surface area contributed by atoms with Crippen LogP contribution >= 0.6 is 12.2 Å². The number of fused-ring (bicyclic) bond motifs is 1. The van der Waals surface area contributed by atoms with Gasteiger partial charge in [0.05, 0.1) is 33.1 Å². The minimum Gasteiger partial charge on any atom is -0.495 e. The smallest absolute Gasteiger partial charge is 0.322 e. The van der Waals surface area contributed by atoms with E-state index >= 15 is 0 Å². The SMILES string of the molecule is CCNC(=S)NC[C@H]1c2cc(OC)c(OC)cc2CCN1C(=O)Nc1ccccc1OC. The van der Waals surface area contributed by atoms with Crippen LogP contribution in [0.3, 0.4) is 0 Å². The van der Waals surface area contributed by atoms with Gasteiger partial charge in [0.2, 0.25) is 0 Å². The Labute approximate surface area is 194 Å². The molecule has 0 saturated heterocycles. The molecule has 0 spiro atoms. The number of carbonyl (C=O) groups is 1. The van der Waals surface area contributed by atoms with E-state index in [0.29, 0.717) is 47.6 Å². The molecule has 2 amide bonds. The van der Waals surface area contributed by atoms with E-state index in [1.807, 2.05) is 48.2 Å². The van der Waals surface area contributed by atoms with Crippen molar-refractivity contribution in [2.45, 2.75) is 19.4 Å². The van der Waals surface area contributed by atoms with E-state index in [0.717, 1.165) is 17.7 Å². The largest absolute Gasteiger partial charge is 0.495 e. The van der Waals surface area contributed by atoms with Gasteiger partial charge in [0.1, 0.15) is 5.75 Å². The highest BCUT2D eigenvalue weighted by Crippen LogP contribution is 2.38. The van der Waals surface area contributed by atoms with Crippen LogP contribution in [0.4, 0.5) is 10.5 Å². The molecule has 0 radical (unpaired) electrons. The summed E-state index contributed by atoms with van der Waals surface area (Å²) in [5.41, 5.74) is 2.73. The maximum absolute atomic E-state index is 13.3. The Balaban J connectivity index is 1.92. The highest BCUT2D eigenvalue weighted by Gasteiger charge is 2.32. The van der Waals surface area contributed by atoms with Crippen LogP contribution in [0, 0.1) is 0 Å². The number of thiocarbonyl (C=S) groups is 1. The highest BCUT2D eigenvalue weighted by molar-refractivity contribution is 7.80. The number of anilines is 1. The Morgan fingerprint density at radius 2 is 1.75 bits per heavy atom. The molecular formula is C23H30N4O4S. The third kappa shape index (κ3) is 5.16. The molecule has 3 N–H and O–H groups in total. The summed E-state index contributed by atoms with van der Waals surface area (Å²) in [6, 6.07) is 10.8. The lowest BCUT2D eigenvalue weighted by atomic mass is 9.92. The standard InChI is InChI=1S/C23H30N4O4S/c1-5-24-22(32)25-14-18-16-13-21(31-4)20(30-3)12-15(16)10-11-27(18)23(28)26-17-8-6-7-9-19(17)29-2/h6-9,12-13,18H,5,10-11,14H2,1-4H3,(H,26,28)(H2,24,25,32)/t18-/m0/s1. The van der Waals surface area contributed by atoms with Gasteiger partial charge in [0.15, 0.2) is 16.6 Å². The average Bonchev–Trinajstić information content (AvgIpc) is 2.81. The minimum atomic E-state index is -0.259. The summed E-state index contributed by atoms with van der Waals surface area (Å²) in [7, 11) is 4.80. The van der Waals surface area contributed by atoms with E-state index in [1.165, 1.54) is 0 Å². The Morgan fingerprint density at radius 3 is 2.44 bits per heavy atom. The number of hydrogen-bond acceptors (Lipinski definition) is 5. The van der Waals surface area contributed by atoms with E-state index in [4.69, 9.17) is 26.4 Å². The number of amides is 2. The number of hydrogen-bond donors (Lipinski definition) is 3. The molecule has 2 aromatic carbocycles. The fourth-order valence-electron chi connectivity index (χ4n) is 3.84. The van der Waals surface area contributed by atoms with Crippen LogP contribution in [0.1, 0.15) is 24.1 Å². The van der Waals surface area contributed by atoms with E-state index in [1.54, 1.807) is 21.3 Å². The molecule has 0 aliphatic carbocycles. The molecule has 32 heavy (non-hydrogen) atoms. The molecule has 1 atom stereocenters. The summed E-state index contributed by atoms with van der Waals surface area (Å²) in [6.45, 7) is 3.70. The van der Waals surface area contributed by atoms with E-state index < -0.39 is 0 Å². The number of methoxy groups -OCH3 is 3. The van der Waals surface area contributed by atoms with Crippen molar-refractivity contribution >= 4 is 29.0 Å². The van der Waals surface area contributed by atoms with Crippen LogP contribution < -0.4 is 30.2 Å². The van der Waals surface area contributed by atoms with Gasteiger partial charge in [-0.15, -0.1) is 0 Å². The van der Waals surface area contributed by atoms with Crippen molar-refractivity contribution in [2.24, 2.45) is 0 Å². The third-order valence-electron chi connectivity index (χ3n) is 5.41. The van der Waals surface area contributed by atoms with Gasteiger partial charge in [-0.2, -0.15) is 0 Å². The van der Waals surface area contributed by atoms with Gasteiger partial charge in [0.25, 0.3) is 0 Å². The summed E-state index contributed by atoms with van der Waals surface area (Å²) in [6.07, 6.45) is 0.698. The fraction of sp³-hybridized carbons (Fsp3) is 0.391. The number of carbonyl (C=O) groups excluding carboxylic acids is 1. The van der Waals surface area contributed by atoms with E-state index in [9.17, 15) is 4.79 Å². The summed E-state index contributed by atoms with van der Waals surface area (Å²) in [4.78, 5) is 15.1. The van der Waals surface area contributed by atoms with Crippen molar-refractivity contribution in [3.63, 3.8) is 0 Å². The maximum atomic E-state index is 13.3. The molecule has 172 valence electrons. The number of nitrogens with one attached hydrogen (secondary N) is 3. The lowest BCUT2D eigenvalue weighted by Gasteiger charge is -2.38. The second kappa shape index (κ2) is 10.9. The molecule has 0 fully saturated rings. The zero-order valence-corrected chi connectivity index (χ0v) is 19.7. The lowest BCUT2D eigenvalue weighted by Crippen LogP contribution is -2.48. The normalized spacial score (nSPS) is 14.8. The Kier molecular flexibility index (Phi) is 7.99. The minimum absolute atomic E-state index is 0.212. The van der Waals surface area contributed by atoms with Gasteiger partial charge in [-0.05, 0) is 61.0 Å².